The highest BCUT2D eigenvalue weighted by Crippen LogP contribution is 2.19. The summed E-state index contributed by atoms with van der Waals surface area (Å²) in [7, 11) is -3.50. The van der Waals surface area contributed by atoms with Gasteiger partial charge in [0.15, 0.2) is 11.5 Å². The van der Waals surface area contributed by atoms with Crippen molar-refractivity contribution in [1.82, 2.24) is 29.1 Å². The Bertz CT molecular complexity index is 995. The average molecular weight is 359 g/mol. The number of piperazine rings is 1. The summed E-state index contributed by atoms with van der Waals surface area (Å²) in [6.07, 6.45) is 2.94. The van der Waals surface area contributed by atoms with Crippen LogP contribution in [0.3, 0.4) is 0 Å². The van der Waals surface area contributed by atoms with Crippen LogP contribution in [0.15, 0.2) is 41.6 Å². The molecular formula is C15H17N7O2S. The molecule has 0 aromatic carbocycles. The van der Waals surface area contributed by atoms with Crippen LogP contribution in [-0.2, 0) is 10.0 Å². The zero-order valence-corrected chi connectivity index (χ0v) is 14.5. The number of pyridine rings is 1. The van der Waals surface area contributed by atoms with E-state index in [9.17, 15) is 8.42 Å². The second-order valence-corrected chi connectivity index (χ2v) is 7.73. The number of aryl methyl sites for hydroxylation is 1. The van der Waals surface area contributed by atoms with E-state index in [1.54, 1.807) is 22.8 Å². The molecule has 4 rings (SSSR count). The maximum absolute atomic E-state index is 12.6. The summed E-state index contributed by atoms with van der Waals surface area (Å²) >= 11 is 0. The number of hydrogen-bond acceptors (Lipinski definition) is 7. The van der Waals surface area contributed by atoms with Gasteiger partial charge in [0.2, 0.25) is 10.0 Å². The van der Waals surface area contributed by atoms with Gasteiger partial charge >= 0.3 is 0 Å². The Balaban J connectivity index is 1.52. The minimum atomic E-state index is -3.50. The van der Waals surface area contributed by atoms with Gasteiger partial charge in [-0.15, -0.1) is 15.3 Å². The van der Waals surface area contributed by atoms with Gasteiger partial charge in [0, 0.05) is 38.6 Å². The molecule has 0 amide bonds. The summed E-state index contributed by atoms with van der Waals surface area (Å²) in [5.74, 6) is 1.50. The van der Waals surface area contributed by atoms with Gasteiger partial charge in [-0.3, -0.25) is 4.98 Å². The maximum atomic E-state index is 12.6. The lowest BCUT2D eigenvalue weighted by Crippen LogP contribution is -2.49. The first-order valence-corrected chi connectivity index (χ1v) is 9.34. The molecule has 0 saturated carbocycles. The van der Waals surface area contributed by atoms with Gasteiger partial charge in [0.1, 0.15) is 10.7 Å². The van der Waals surface area contributed by atoms with Crippen molar-refractivity contribution in [2.24, 2.45) is 0 Å². The van der Waals surface area contributed by atoms with E-state index in [-0.39, 0.29) is 4.90 Å². The van der Waals surface area contributed by atoms with Crippen molar-refractivity contribution >= 4 is 21.5 Å². The minimum absolute atomic E-state index is 0.225. The average Bonchev–Trinajstić information content (AvgIpc) is 3.03. The van der Waals surface area contributed by atoms with Crippen molar-refractivity contribution in [3.05, 3.63) is 42.5 Å². The van der Waals surface area contributed by atoms with Gasteiger partial charge in [-0.05, 0) is 31.2 Å². The van der Waals surface area contributed by atoms with E-state index in [0.29, 0.717) is 31.8 Å². The molecule has 3 aromatic heterocycles. The molecule has 0 N–H and O–H groups in total. The first kappa shape index (κ1) is 15.9. The Morgan fingerprint density at radius 2 is 1.84 bits per heavy atom. The molecule has 25 heavy (non-hydrogen) atoms. The molecule has 4 heterocycles. The molecule has 130 valence electrons. The third kappa shape index (κ3) is 2.83. The molecule has 1 saturated heterocycles. The quantitative estimate of drug-likeness (QED) is 0.665. The highest BCUT2D eigenvalue weighted by molar-refractivity contribution is 7.89. The molecule has 1 aliphatic heterocycles. The first-order chi connectivity index (χ1) is 12.1. The number of rotatable bonds is 3. The Morgan fingerprint density at radius 1 is 1.04 bits per heavy atom. The zero-order chi connectivity index (χ0) is 17.4. The standard InChI is InChI=1S/C15H17N7O2S/c1-12-17-18-14-4-5-15(19-22(12)14)20-7-9-21(10-8-20)25(23,24)13-3-2-6-16-11-13/h2-6,11H,7-10H2,1H3. The monoisotopic (exact) mass is 359 g/mol. The third-order valence-corrected chi connectivity index (χ3v) is 6.12. The first-order valence-electron chi connectivity index (χ1n) is 7.90. The SMILES string of the molecule is Cc1nnc2ccc(N3CCN(S(=O)(=O)c4cccnc4)CC3)nn12. The van der Waals surface area contributed by atoms with Gasteiger partial charge in [-0.2, -0.15) is 8.82 Å². The van der Waals surface area contributed by atoms with Crippen molar-refractivity contribution in [3.8, 4) is 0 Å². The molecule has 3 aromatic rings. The lowest BCUT2D eigenvalue weighted by molar-refractivity contribution is 0.383. The summed E-state index contributed by atoms with van der Waals surface area (Å²) in [5, 5.41) is 12.6. The summed E-state index contributed by atoms with van der Waals surface area (Å²) < 4.78 is 28.5. The van der Waals surface area contributed by atoms with Crippen LogP contribution in [-0.4, -0.2) is 63.7 Å². The number of sulfonamides is 1. The normalized spacial score (nSPS) is 16.4. The molecule has 0 bridgehead atoms. The van der Waals surface area contributed by atoms with Crippen LogP contribution in [0.4, 0.5) is 5.82 Å². The van der Waals surface area contributed by atoms with Crippen LogP contribution < -0.4 is 4.90 Å². The Morgan fingerprint density at radius 3 is 2.56 bits per heavy atom. The van der Waals surface area contributed by atoms with Crippen molar-refractivity contribution in [3.63, 3.8) is 0 Å². The van der Waals surface area contributed by atoms with Gasteiger partial charge in [0.25, 0.3) is 0 Å². The lowest BCUT2D eigenvalue weighted by Gasteiger charge is -2.34. The smallest absolute Gasteiger partial charge is 0.244 e. The van der Waals surface area contributed by atoms with Gasteiger partial charge in [0.05, 0.1) is 0 Å². The molecule has 10 heteroatoms. The molecule has 1 fully saturated rings. The Labute approximate surface area is 145 Å². The van der Waals surface area contributed by atoms with E-state index in [2.05, 4.69) is 25.2 Å². The van der Waals surface area contributed by atoms with Crippen LogP contribution in [0.5, 0.6) is 0 Å². The van der Waals surface area contributed by atoms with E-state index in [4.69, 9.17) is 0 Å². The number of anilines is 1. The van der Waals surface area contributed by atoms with E-state index >= 15 is 0 Å². The predicted octanol–water partition coefficient (Wildman–Crippen LogP) is 0.339. The van der Waals surface area contributed by atoms with Gasteiger partial charge in [-0.25, -0.2) is 8.42 Å². The zero-order valence-electron chi connectivity index (χ0n) is 13.6. The number of hydrogen-bond donors (Lipinski definition) is 0. The fraction of sp³-hybridized carbons (Fsp3) is 0.333. The van der Waals surface area contributed by atoms with Crippen LogP contribution in [0, 0.1) is 6.92 Å². The van der Waals surface area contributed by atoms with Gasteiger partial charge in [-0.1, -0.05) is 0 Å². The minimum Gasteiger partial charge on any atom is -0.353 e. The molecule has 0 radical (unpaired) electrons. The van der Waals surface area contributed by atoms with Crippen molar-refractivity contribution in [1.29, 1.82) is 0 Å². The van der Waals surface area contributed by atoms with E-state index < -0.39 is 10.0 Å². The molecule has 1 aliphatic rings. The molecular weight excluding hydrogens is 342 g/mol. The second-order valence-electron chi connectivity index (χ2n) is 5.79. The lowest BCUT2D eigenvalue weighted by atomic mass is 10.3. The van der Waals surface area contributed by atoms with Crippen molar-refractivity contribution in [2.75, 3.05) is 31.1 Å². The van der Waals surface area contributed by atoms with Crippen molar-refractivity contribution in [2.45, 2.75) is 11.8 Å². The molecule has 0 atom stereocenters. The Kier molecular flexibility index (Phi) is 3.85. The fourth-order valence-electron chi connectivity index (χ4n) is 2.86. The Hall–Kier alpha value is -2.59. The molecule has 0 unspecified atom stereocenters. The fourth-order valence-corrected chi connectivity index (χ4v) is 4.25. The van der Waals surface area contributed by atoms with Crippen LogP contribution in [0.25, 0.3) is 5.65 Å². The van der Waals surface area contributed by atoms with Crippen LogP contribution in [0.1, 0.15) is 5.82 Å². The highest BCUT2D eigenvalue weighted by Gasteiger charge is 2.29. The van der Waals surface area contributed by atoms with Crippen molar-refractivity contribution < 1.29 is 8.42 Å². The number of aromatic nitrogens is 5. The predicted molar refractivity (Wildman–Crippen MR) is 90.7 cm³/mol. The molecule has 0 spiro atoms. The second kappa shape index (κ2) is 6.05. The van der Waals surface area contributed by atoms with Crippen LogP contribution in [0.2, 0.25) is 0 Å². The molecule has 0 aliphatic carbocycles. The van der Waals surface area contributed by atoms with E-state index in [0.717, 1.165) is 11.6 Å². The maximum Gasteiger partial charge on any atom is 0.244 e. The van der Waals surface area contributed by atoms with E-state index in [1.165, 1.54) is 10.5 Å². The topological polar surface area (TPSA) is 96.6 Å². The van der Waals surface area contributed by atoms with Gasteiger partial charge < -0.3 is 4.90 Å². The third-order valence-electron chi connectivity index (χ3n) is 4.24. The highest BCUT2D eigenvalue weighted by atomic mass is 32.2. The van der Waals surface area contributed by atoms with Crippen LogP contribution >= 0.6 is 0 Å². The number of nitrogens with zero attached hydrogens (tertiary/aromatic N) is 7. The largest absolute Gasteiger partial charge is 0.353 e. The van der Waals surface area contributed by atoms with E-state index in [1.807, 2.05) is 19.1 Å². The summed E-state index contributed by atoms with van der Waals surface area (Å²) in [6.45, 7) is 3.78. The molecule has 9 nitrogen and oxygen atoms in total. The summed E-state index contributed by atoms with van der Waals surface area (Å²) in [4.78, 5) is 6.19. The summed E-state index contributed by atoms with van der Waals surface area (Å²) in [6, 6.07) is 6.94. The number of fused-ring (bicyclic) bond motifs is 1. The summed E-state index contributed by atoms with van der Waals surface area (Å²) in [5.41, 5.74) is 0.694.